The van der Waals surface area contributed by atoms with E-state index >= 15 is 0 Å². The molecule has 0 amide bonds. The number of hydrogen-bond donors (Lipinski definition) is 1. The molecule has 0 aliphatic heterocycles. The van der Waals surface area contributed by atoms with Crippen LogP contribution in [0.2, 0.25) is 0 Å². The van der Waals surface area contributed by atoms with Gasteiger partial charge in [0.25, 0.3) is 0 Å². The summed E-state index contributed by atoms with van der Waals surface area (Å²) in [6, 6.07) is 0. The fourth-order valence-electron chi connectivity index (χ4n) is 1.97. The maximum Gasteiger partial charge on any atom is 0.0722 e. The summed E-state index contributed by atoms with van der Waals surface area (Å²) in [6.07, 6.45) is 9.40. The van der Waals surface area contributed by atoms with Gasteiger partial charge in [0, 0.05) is 12.3 Å². The van der Waals surface area contributed by atoms with Crippen LogP contribution in [0.1, 0.15) is 40.0 Å². The Morgan fingerprint density at radius 2 is 2.38 bits per heavy atom. The van der Waals surface area contributed by atoms with E-state index in [1.165, 1.54) is 5.57 Å². The van der Waals surface area contributed by atoms with Crippen LogP contribution in [-0.2, 0) is 0 Å². The van der Waals surface area contributed by atoms with Crippen LogP contribution in [0.5, 0.6) is 0 Å². The molecule has 13 heavy (non-hydrogen) atoms. The molecule has 2 atom stereocenters. The minimum Gasteiger partial charge on any atom is -0.389 e. The van der Waals surface area contributed by atoms with Crippen molar-refractivity contribution in [2.45, 2.75) is 45.6 Å². The highest BCUT2D eigenvalue weighted by Crippen LogP contribution is 2.34. The van der Waals surface area contributed by atoms with Crippen LogP contribution in [-0.4, -0.2) is 10.7 Å². The molecule has 0 heterocycles. The topological polar surface area (TPSA) is 20.2 Å². The zero-order valence-corrected chi connectivity index (χ0v) is 8.88. The predicted octanol–water partition coefficient (Wildman–Crippen LogP) is 3.06. The molecule has 0 bridgehead atoms. The maximum absolute atomic E-state index is 10.2. The summed E-state index contributed by atoms with van der Waals surface area (Å²) in [5, 5.41) is 10.2. The minimum atomic E-state index is -0.535. The fraction of sp³-hybridized carbons (Fsp3) is 0.667. The van der Waals surface area contributed by atoms with Crippen molar-refractivity contribution >= 4 is 0 Å². The van der Waals surface area contributed by atoms with Crippen molar-refractivity contribution in [3.05, 3.63) is 23.8 Å². The van der Waals surface area contributed by atoms with E-state index in [0.29, 0.717) is 5.92 Å². The van der Waals surface area contributed by atoms with Gasteiger partial charge in [-0.1, -0.05) is 31.6 Å². The van der Waals surface area contributed by atoms with Crippen LogP contribution < -0.4 is 0 Å². The van der Waals surface area contributed by atoms with Crippen LogP contribution in [0, 0.1) is 5.92 Å². The van der Waals surface area contributed by atoms with E-state index in [1.807, 2.05) is 13.8 Å². The average Bonchev–Trinajstić information content (AvgIpc) is 2.08. The molecular formula is C12H20O. The molecule has 0 saturated heterocycles. The lowest BCUT2D eigenvalue weighted by Gasteiger charge is -2.34. The first kappa shape index (κ1) is 10.5. The lowest BCUT2D eigenvalue weighted by molar-refractivity contribution is 0.0123. The zero-order valence-electron chi connectivity index (χ0n) is 8.88. The SMILES string of the molecule is CC=C1C=CC(CCC)C(C)(O)C1. The normalized spacial score (nSPS) is 36.9. The Bertz CT molecular complexity index is 223. The first-order valence-corrected chi connectivity index (χ1v) is 5.16. The molecule has 1 N–H and O–H groups in total. The van der Waals surface area contributed by atoms with E-state index in [-0.39, 0.29) is 0 Å². The molecule has 0 radical (unpaired) electrons. The van der Waals surface area contributed by atoms with E-state index in [9.17, 15) is 5.11 Å². The van der Waals surface area contributed by atoms with Crippen molar-refractivity contribution in [1.82, 2.24) is 0 Å². The Kier molecular flexibility index (Phi) is 3.32. The van der Waals surface area contributed by atoms with E-state index < -0.39 is 5.60 Å². The summed E-state index contributed by atoms with van der Waals surface area (Å²) in [5.74, 6) is 0.334. The van der Waals surface area contributed by atoms with Crippen LogP contribution in [0.25, 0.3) is 0 Å². The highest BCUT2D eigenvalue weighted by atomic mass is 16.3. The van der Waals surface area contributed by atoms with Gasteiger partial charge >= 0.3 is 0 Å². The maximum atomic E-state index is 10.2. The molecule has 1 heteroatoms. The van der Waals surface area contributed by atoms with Gasteiger partial charge in [-0.05, 0) is 25.8 Å². The van der Waals surface area contributed by atoms with Gasteiger partial charge < -0.3 is 5.11 Å². The standard InChI is InChI=1S/C12H20O/c1-4-6-11-8-7-10(5-2)9-12(11,3)13/h5,7-8,11,13H,4,6,9H2,1-3H3. The molecule has 1 aliphatic carbocycles. The summed E-state index contributed by atoms with van der Waals surface area (Å²) < 4.78 is 0. The van der Waals surface area contributed by atoms with Crippen LogP contribution in [0.15, 0.2) is 23.8 Å². The molecule has 0 fully saturated rings. The highest BCUT2D eigenvalue weighted by molar-refractivity contribution is 5.26. The zero-order chi connectivity index (χ0) is 9.90. The van der Waals surface area contributed by atoms with E-state index in [0.717, 1.165) is 19.3 Å². The van der Waals surface area contributed by atoms with Crippen LogP contribution >= 0.6 is 0 Å². The van der Waals surface area contributed by atoms with Gasteiger partial charge in [-0.25, -0.2) is 0 Å². The van der Waals surface area contributed by atoms with Crippen molar-refractivity contribution in [1.29, 1.82) is 0 Å². The largest absolute Gasteiger partial charge is 0.389 e. The Balaban J connectivity index is 2.77. The first-order chi connectivity index (χ1) is 6.10. The monoisotopic (exact) mass is 180 g/mol. The van der Waals surface area contributed by atoms with Gasteiger partial charge in [-0.2, -0.15) is 0 Å². The Morgan fingerprint density at radius 1 is 1.69 bits per heavy atom. The van der Waals surface area contributed by atoms with Gasteiger partial charge in [0.15, 0.2) is 0 Å². The van der Waals surface area contributed by atoms with Crippen molar-refractivity contribution in [3.63, 3.8) is 0 Å². The highest BCUT2D eigenvalue weighted by Gasteiger charge is 2.32. The second-order valence-electron chi connectivity index (χ2n) is 4.15. The van der Waals surface area contributed by atoms with Crippen molar-refractivity contribution in [2.24, 2.45) is 5.92 Å². The quantitative estimate of drug-likeness (QED) is 0.692. The van der Waals surface area contributed by atoms with Crippen molar-refractivity contribution < 1.29 is 5.11 Å². The third kappa shape index (κ3) is 2.44. The minimum absolute atomic E-state index is 0.334. The Morgan fingerprint density at radius 3 is 2.85 bits per heavy atom. The molecule has 74 valence electrons. The van der Waals surface area contributed by atoms with Gasteiger partial charge in [0.2, 0.25) is 0 Å². The average molecular weight is 180 g/mol. The lowest BCUT2D eigenvalue weighted by atomic mass is 9.77. The molecule has 1 rings (SSSR count). The summed E-state index contributed by atoms with van der Waals surface area (Å²) in [4.78, 5) is 0. The Labute approximate surface area is 81.2 Å². The van der Waals surface area contributed by atoms with Crippen molar-refractivity contribution in [3.8, 4) is 0 Å². The van der Waals surface area contributed by atoms with E-state index in [2.05, 4.69) is 25.2 Å². The van der Waals surface area contributed by atoms with Gasteiger partial charge in [0.1, 0.15) is 0 Å². The smallest absolute Gasteiger partial charge is 0.0722 e. The third-order valence-electron chi connectivity index (χ3n) is 2.87. The summed E-state index contributed by atoms with van der Waals surface area (Å²) >= 11 is 0. The van der Waals surface area contributed by atoms with Gasteiger partial charge in [-0.15, -0.1) is 0 Å². The molecule has 0 saturated carbocycles. The van der Waals surface area contributed by atoms with E-state index in [1.54, 1.807) is 0 Å². The second kappa shape index (κ2) is 4.10. The predicted molar refractivity (Wildman–Crippen MR) is 56.5 cm³/mol. The number of hydrogen-bond acceptors (Lipinski definition) is 1. The molecule has 0 spiro atoms. The van der Waals surface area contributed by atoms with Crippen LogP contribution in [0.4, 0.5) is 0 Å². The van der Waals surface area contributed by atoms with E-state index in [4.69, 9.17) is 0 Å². The van der Waals surface area contributed by atoms with Gasteiger partial charge in [0.05, 0.1) is 5.60 Å². The van der Waals surface area contributed by atoms with Crippen molar-refractivity contribution in [2.75, 3.05) is 0 Å². The third-order valence-corrected chi connectivity index (χ3v) is 2.87. The summed E-state index contributed by atoms with van der Waals surface area (Å²) in [7, 11) is 0. The van der Waals surface area contributed by atoms with Gasteiger partial charge in [-0.3, -0.25) is 0 Å². The number of rotatable bonds is 2. The number of allylic oxidation sites excluding steroid dienone is 2. The second-order valence-corrected chi connectivity index (χ2v) is 4.15. The molecular weight excluding hydrogens is 160 g/mol. The first-order valence-electron chi connectivity index (χ1n) is 5.16. The number of aliphatic hydroxyl groups is 1. The van der Waals surface area contributed by atoms with Crippen LogP contribution in [0.3, 0.4) is 0 Å². The molecule has 0 aromatic rings. The molecule has 0 aromatic heterocycles. The molecule has 0 aromatic carbocycles. The molecule has 2 unspecified atom stereocenters. The summed E-state index contributed by atoms with van der Waals surface area (Å²) in [5.41, 5.74) is 0.712. The molecule has 1 nitrogen and oxygen atoms in total. The Hall–Kier alpha value is -0.560. The fourth-order valence-corrected chi connectivity index (χ4v) is 1.97. The molecule has 1 aliphatic rings. The summed E-state index contributed by atoms with van der Waals surface area (Å²) in [6.45, 7) is 6.13. The lowest BCUT2D eigenvalue weighted by Crippen LogP contribution is -2.35.